The van der Waals surface area contributed by atoms with Gasteiger partial charge in [-0.3, -0.25) is 4.90 Å². The number of piperidine rings is 1. The smallest absolute Gasteiger partial charge is 0.0251 e. The third kappa shape index (κ3) is 3.82. The Balaban J connectivity index is 1.61. The Bertz CT molecular complexity index is 315. The van der Waals surface area contributed by atoms with Gasteiger partial charge in [-0.1, -0.05) is 33.1 Å². The quantitative estimate of drug-likeness (QED) is 0.841. The van der Waals surface area contributed by atoms with Gasteiger partial charge in [0.05, 0.1) is 0 Å². The van der Waals surface area contributed by atoms with E-state index in [2.05, 4.69) is 24.1 Å². The minimum Gasteiger partial charge on any atom is -0.312 e. The first-order valence-corrected chi connectivity index (χ1v) is 9.75. The summed E-state index contributed by atoms with van der Waals surface area (Å²) in [4.78, 5) is 2.90. The Morgan fingerprint density at radius 1 is 1.00 bits per heavy atom. The molecule has 21 heavy (non-hydrogen) atoms. The van der Waals surface area contributed by atoms with Crippen molar-refractivity contribution in [2.45, 2.75) is 83.7 Å². The van der Waals surface area contributed by atoms with E-state index in [1.165, 1.54) is 77.4 Å². The van der Waals surface area contributed by atoms with Crippen molar-refractivity contribution < 1.29 is 0 Å². The number of rotatable bonds is 4. The molecule has 3 aliphatic rings. The molecule has 0 aromatic heterocycles. The van der Waals surface area contributed by atoms with Gasteiger partial charge in [0.15, 0.2) is 0 Å². The number of hydrogen-bond donors (Lipinski definition) is 1. The van der Waals surface area contributed by atoms with Crippen LogP contribution < -0.4 is 5.32 Å². The highest BCUT2D eigenvalue weighted by atomic mass is 15.2. The van der Waals surface area contributed by atoms with E-state index in [0.717, 1.165) is 29.8 Å². The molecule has 0 aromatic rings. The lowest BCUT2D eigenvalue weighted by atomic mass is 9.73. The molecule has 0 bridgehead atoms. The number of likely N-dealkylation sites (tertiary alicyclic amines) is 1. The Morgan fingerprint density at radius 3 is 2.62 bits per heavy atom. The zero-order valence-electron chi connectivity index (χ0n) is 14.3. The van der Waals surface area contributed by atoms with Crippen LogP contribution in [0.5, 0.6) is 0 Å². The van der Waals surface area contributed by atoms with E-state index in [9.17, 15) is 0 Å². The van der Waals surface area contributed by atoms with Crippen LogP contribution in [0.3, 0.4) is 0 Å². The summed E-state index contributed by atoms with van der Waals surface area (Å²) < 4.78 is 0. The van der Waals surface area contributed by atoms with E-state index >= 15 is 0 Å². The summed E-state index contributed by atoms with van der Waals surface area (Å²) >= 11 is 0. The van der Waals surface area contributed by atoms with Gasteiger partial charge in [-0.15, -0.1) is 0 Å². The lowest BCUT2D eigenvalue weighted by Gasteiger charge is -2.48. The highest BCUT2D eigenvalue weighted by molar-refractivity contribution is 4.94. The van der Waals surface area contributed by atoms with E-state index in [4.69, 9.17) is 0 Å². The van der Waals surface area contributed by atoms with Gasteiger partial charge in [0, 0.05) is 18.6 Å². The molecule has 1 saturated heterocycles. The van der Waals surface area contributed by atoms with Gasteiger partial charge in [0.1, 0.15) is 0 Å². The lowest BCUT2D eigenvalue weighted by Crippen LogP contribution is -2.56. The summed E-state index contributed by atoms with van der Waals surface area (Å²) in [6, 6.07) is 1.59. The van der Waals surface area contributed by atoms with Crippen LogP contribution in [0, 0.1) is 17.8 Å². The second kappa shape index (κ2) is 7.46. The summed E-state index contributed by atoms with van der Waals surface area (Å²) in [6.07, 6.45) is 13.0. The van der Waals surface area contributed by atoms with Crippen LogP contribution in [0.2, 0.25) is 0 Å². The summed E-state index contributed by atoms with van der Waals surface area (Å²) in [5.74, 6) is 3.02. The minimum absolute atomic E-state index is 0.765. The molecular weight excluding hydrogens is 256 g/mol. The Labute approximate surface area is 132 Å². The summed E-state index contributed by atoms with van der Waals surface area (Å²) in [7, 11) is 0. The van der Waals surface area contributed by atoms with Crippen molar-refractivity contribution in [2.24, 2.45) is 17.8 Å². The van der Waals surface area contributed by atoms with Crippen LogP contribution >= 0.6 is 0 Å². The monoisotopic (exact) mass is 292 g/mol. The van der Waals surface area contributed by atoms with Crippen molar-refractivity contribution >= 4 is 0 Å². The molecule has 0 amide bonds. The molecule has 3 fully saturated rings. The van der Waals surface area contributed by atoms with Gasteiger partial charge >= 0.3 is 0 Å². The first-order valence-electron chi connectivity index (χ1n) is 9.75. The Hall–Kier alpha value is -0.0800. The molecular formula is C19H36N2. The van der Waals surface area contributed by atoms with Crippen LogP contribution in [0.1, 0.15) is 71.6 Å². The maximum Gasteiger partial charge on any atom is 0.0251 e. The second-order valence-electron chi connectivity index (χ2n) is 8.13. The summed E-state index contributed by atoms with van der Waals surface area (Å²) in [6.45, 7) is 8.75. The molecule has 5 atom stereocenters. The normalized spacial score (nSPS) is 41.7. The fourth-order valence-corrected chi connectivity index (χ4v) is 5.25. The van der Waals surface area contributed by atoms with E-state index < -0.39 is 0 Å². The predicted octanol–water partition coefficient (Wildman–Crippen LogP) is 4.06. The number of nitrogens with one attached hydrogen (secondary N) is 1. The molecule has 0 spiro atoms. The molecule has 3 rings (SSSR count). The van der Waals surface area contributed by atoms with Crippen LogP contribution in [-0.4, -0.2) is 36.6 Å². The fourth-order valence-electron chi connectivity index (χ4n) is 5.25. The molecule has 2 heteroatoms. The van der Waals surface area contributed by atoms with Crippen LogP contribution in [0.15, 0.2) is 0 Å². The second-order valence-corrected chi connectivity index (χ2v) is 8.13. The molecule has 5 unspecified atom stereocenters. The molecule has 1 N–H and O–H groups in total. The van der Waals surface area contributed by atoms with E-state index in [-0.39, 0.29) is 0 Å². The summed E-state index contributed by atoms with van der Waals surface area (Å²) in [5.41, 5.74) is 0. The molecule has 2 aliphatic carbocycles. The van der Waals surface area contributed by atoms with Crippen LogP contribution in [-0.2, 0) is 0 Å². The highest BCUT2D eigenvalue weighted by Gasteiger charge is 2.38. The van der Waals surface area contributed by atoms with Gasteiger partial charge in [0.2, 0.25) is 0 Å². The minimum atomic E-state index is 0.765. The van der Waals surface area contributed by atoms with Gasteiger partial charge in [-0.25, -0.2) is 0 Å². The molecule has 0 radical (unpaired) electrons. The van der Waals surface area contributed by atoms with E-state index in [1.54, 1.807) is 0 Å². The Kier molecular flexibility index (Phi) is 5.61. The molecule has 2 saturated carbocycles. The van der Waals surface area contributed by atoms with Crippen LogP contribution in [0.25, 0.3) is 0 Å². The predicted molar refractivity (Wildman–Crippen MR) is 90.5 cm³/mol. The molecule has 0 aromatic carbocycles. The first kappa shape index (κ1) is 15.8. The van der Waals surface area contributed by atoms with Gasteiger partial charge in [0.25, 0.3) is 0 Å². The van der Waals surface area contributed by atoms with Crippen molar-refractivity contribution in [3.63, 3.8) is 0 Å². The third-order valence-corrected chi connectivity index (χ3v) is 6.53. The number of fused-ring (bicyclic) bond motifs is 1. The van der Waals surface area contributed by atoms with Gasteiger partial charge < -0.3 is 5.32 Å². The third-order valence-electron chi connectivity index (χ3n) is 6.53. The van der Waals surface area contributed by atoms with E-state index in [1.807, 2.05) is 0 Å². The zero-order chi connectivity index (χ0) is 14.7. The largest absolute Gasteiger partial charge is 0.312 e. The number of hydrogen-bond acceptors (Lipinski definition) is 2. The van der Waals surface area contributed by atoms with Gasteiger partial charge in [-0.2, -0.15) is 0 Å². The topological polar surface area (TPSA) is 15.3 Å². The van der Waals surface area contributed by atoms with Crippen molar-refractivity contribution in [1.82, 2.24) is 10.2 Å². The SMILES string of the molecule is CCCNC1CCC(C)CC1N1CCC2CCCCC2C1. The van der Waals surface area contributed by atoms with E-state index in [0.29, 0.717) is 0 Å². The standard InChI is InChI=1S/C19H36N2/c1-3-11-20-18-9-8-15(2)13-19(18)21-12-10-16-6-4-5-7-17(16)14-21/h15-20H,3-14H2,1-2H3. The lowest BCUT2D eigenvalue weighted by molar-refractivity contribution is 0.0225. The van der Waals surface area contributed by atoms with Crippen molar-refractivity contribution in [1.29, 1.82) is 0 Å². The Morgan fingerprint density at radius 2 is 1.81 bits per heavy atom. The molecule has 1 aliphatic heterocycles. The fraction of sp³-hybridized carbons (Fsp3) is 1.00. The molecule has 1 heterocycles. The maximum absolute atomic E-state index is 3.87. The molecule has 122 valence electrons. The zero-order valence-corrected chi connectivity index (χ0v) is 14.3. The number of nitrogens with zero attached hydrogens (tertiary/aromatic N) is 1. The average molecular weight is 293 g/mol. The average Bonchev–Trinajstić information content (AvgIpc) is 2.53. The van der Waals surface area contributed by atoms with Gasteiger partial charge in [-0.05, 0) is 69.4 Å². The maximum atomic E-state index is 3.87. The highest BCUT2D eigenvalue weighted by Crippen LogP contribution is 2.38. The van der Waals surface area contributed by atoms with Crippen molar-refractivity contribution in [2.75, 3.05) is 19.6 Å². The molecule has 2 nitrogen and oxygen atoms in total. The summed E-state index contributed by atoms with van der Waals surface area (Å²) in [5, 5.41) is 3.87. The first-order chi connectivity index (χ1) is 10.3. The van der Waals surface area contributed by atoms with Crippen molar-refractivity contribution in [3.8, 4) is 0 Å². The van der Waals surface area contributed by atoms with Crippen LogP contribution in [0.4, 0.5) is 0 Å². The van der Waals surface area contributed by atoms with Crippen molar-refractivity contribution in [3.05, 3.63) is 0 Å².